The minimum atomic E-state index is 0.341. The van der Waals surface area contributed by atoms with Gasteiger partial charge in [-0.2, -0.15) is 0 Å². The van der Waals surface area contributed by atoms with Crippen molar-refractivity contribution in [2.24, 2.45) is 0 Å². The lowest BCUT2D eigenvalue weighted by Gasteiger charge is -2.26. The molecule has 1 saturated carbocycles. The molecule has 0 aromatic heterocycles. The molecule has 1 aromatic rings. The van der Waals surface area contributed by atoms with Crippen LogP contribution in [0.25, 0.3) is 0 Å². The third-order valence-corrected chi connectivity index (χ3v) is 4.89. The van der Waals surface area contributed by atoms with Gasteiger partial charge >= 0.3 is 0 Å². The van der Waals surface area contributed by atoms with Crippen molar-refractivity contribution in [3.8, 4) is 0 Å². The Hall–Kier alpha value is -0.0900. The number of hydrogen-bond acceptors (Lipinski definition) is 2. The summed E-state index contributed by atoms with van der Waals surface area (Å²) in [6.07, 6.45) is 5.11. The lowest BCUT2D eigenvalue weighted by atomic mass is 10.0. The van der Waals surface area contributed by atoms with Crippen molar-refractivity contribution >= 4 is 27.5 Å². The molecule has 1 fully saturated rings. The van der Waals surface area contributed by atoms with Gasteiger partial charge in [-0.1, -0.05) is 47.4 Å². The van der Waals surface area contributed by atoms with E-state index in [1.807, 2.05) is 6.07 Å². The van der Waals surface area contributed by atoms with Crippen LogP contribution in [0.1, 0.15) is 51.1 Å². The molecule has 4 heteroatoms. The van der Waals surface area contributed by atoms with Crippen molar-refractivity contribution < 1.29 is 0 Å². The summed E-state index contributed by atoms with van der Waals surface area (Å²) in [6.45, 7) is 7.77. The van der Waals surface area contributed by atoms with E-state index in [9.17, 15) is 0 Å². The van der Waals surface area contributed by atoms with Crippen molar-refractivity contribution in [2.75, 3.05) is 19.6 Å². The molecule has 1 aliphatic carbocycles. The molecule has 21 heavy (non-hydrogen) atoms. The number of benzene rings is 1. The van der Waals surface area contributed by atoms with E-state index >= 15 is 0 Å². The molecular formula is C17H26BrClN2. The zero-order valence-corrected chi connectivity index (χ0v) is 15.4. The van der Waals surface area contributed by atoms with Crippen LogP contribution in [0.4, 0.5) is 0 Å². The molecule has 1 atom stereocenters. The molecule has 1 unspecified atom stereocenters. The van der Waals surface area contributed by atoms with Crippen LogP contribution in [-0.2, 0) is 0 Å². The van der Waals surface area contributed by atoms with Crippen LogP contribution in [0.2, 0.25) is 5.02 Å². The SMILES string of the molecule is CCCN(CCC(NCC)c1ccc(Br)cc1Cl)C1CC1. The topological polar surface area (TPSA) is 15.3 Å². The summed E-state index contributed by atoms with van der Waals surface area (Å²) in [7, 11) is 0. The summed E-state index contributed by atoms with van der Waals surface area (Å²) in [5, 5.41) is 4.44. The van der Waals surface area contributed by atoms with E-state index in [0.29, 0.717) is 6.04 Å². The maximum absolute atomic E-state index is 6.43. The normalized spacial score (nSPS) is 16.4. The Balaban J connectivity index is 2.00. The minimum absolute atomic E-state index is 0.341. The third kappa shape index (κ3) is 5.24. The number of nitrogens with zero attached hydrogens (tertiary/aromatic N) is 1. The van der Waals surface area contributed by atoms with Crippen molar-refractivity contribution in [3.63, 3.8) is 0 Å². The van der Waals surface area contributed by atoms with E-state index in [0.717, 1.165) is 35.0 Å². The highest BCUT2D eigenvalue weighted by Gasteiger charge is 2.28. The van der Waals surface area contributed by atoms with E-state index in [1.54, 1.807) is 0 Å². The third-order valence-electron chi connectivity index (χ3n) is 4.07. The molecule has 2 nitrogen and oxygen atoms in total. The molecule has 0 bridgehead atoms. The molecule has 1 aromatic carbocycles. The predicted molar refractivity (Wildman–Crippen MR) is 95.1 cm³/mol. The molecule has 118 valence electrons. The Labute approximate surface area is 142 Å². The van der Waals surface area contributed by atoms with Gasteiger partial charge in [-0.15, -0.1) is 0 Å². The number of nitrogens with one attached hydrogen (secondary N) is 1. The van der Waals surface area contributed by atoms with E-state index in [2.05, 4.69) is 52.1 Å². The van der Waals surface area contributed by atoms with Crippen molar-refractivity contribution in [2.45, 2.75) is 51.6 Å². The summed E-state index contributed by atoms with van der Waals surface area (Å²) >= 11 is 9.91. The number of rotatable bonds is 9. The fourth-order valence-electron chi connectivity index (χ4n) is 2.90. The fraction of sp³-hybridized carbons (Fsp3) is 0.647. The van der Waals surface area contributed by atoms with E-state index in [1.165, 1.54) is 31.4 Å². The molecule has 0 spiro atoms. The van der Waals surface area contributed by atoms with Gasteiger partial charge in [0.05, 0.1) is 0 Å². The molecule has 1 aliphatic rings. The second-order valence-electron chi connectivity index (χ2n) is 5.83. The fourth-order valence-corrected chi connectivity index (χ4v) is 3.70. The average molecular weight is 374 g/mol. The first-order valence-corrected chi connectivity index (χ1v) is 9.25. The second-order valence-corrected chi connectivity index (χ2v) is 7.15. The zero-order chi connectivity index (χ0) is 15.2. The monoisotopic (exact) mass is 372 g/mol. The van der Waals surface area contributed by atoms with E-state index in [4.69, 9.17) is 11.6 Å². The average Bonchev–Trinajstić information content (AvgIpc) is 3.27. The van der Waals surface area contributed by atoms with Crippen LogP contribution in [0.3, 0.4) is 0 Å². The first kappa shape index (κ1) is 17.3. The van der Waals surface area contributed by atoms with Crippen LogP contribution in [-0.4, -0.2) is 30.6 Å². The van der Waals surface area contributed by atoms with Gasteiger partial charge in [0.2, 0.25) is 0 Å². The zero-order valence-electron chi connectivity index (χ0n) is 13.0. The van der Waals surface area contributed by atoms with Crippen LogP contribution in [0, 0.1) is 0 Å². The highest BCUT2D eigenvalue weighted by molar-refractivity contribution is 9.10. The van der Waals surface area contributed by atoms with Crippen LogP contribution >= 0.6 is 27.5 Å². The Morgan fingerprint density at radius 1 is 1.33 bits per heavy atom. The second kappa shape index (κ2) is 8.52. The number of halogens is 2. The van der Waals surface area contributed by atoms with Crippen molar-refractivity contribution in [1.82, 2.24) is 10.2 Å². The first-order valence-electron chi connectivity index (χ1n) is 8.08. The highest BCUT2D eigenvalue weighted by atomic mass is 79.9. The van der Waals surface area contributed by atoms with Gasteiger partial charge in [0.1, 0.15) is 0 Å². The Morgan fingerprint density at radius 2 is 2.10 bits per heavy atom. The van der Waals surface area contributed by atoms with Crippen molar-refractivity contribution in [1.29, 1.82) is 0 Å². The van der Waals surface area contributed by atoms with Crippen LogP contribution in [0.15, 0.2) is 22.7 Å². The molecule has 1 N–H and O–H groups in total. The smallest absolute Gasteiger partial charge is 0.0465 e. The largest absolute Gasteiger partial charge is 0.310 e. The quantitative estimate of drug-likeness (QED) is 0.654. The van der Waals surface area contributed by atoms with E-state index in [-0.39, 0.29) is 0 Å². The maximum atomic E-state index is 6.43. The van der Waals surface area contributed by atoms with Crippen molar-refractivity contribution in [3.05, 3.63) is 33.3 Å². The molecule has 0 heterocycles. The molecular weight excluding hydrogens is 348 g/mol. The summed E-state index contributed by atoms with van der Waals surface area (Å²) in [5.74, 6) is 0. The predicted octanol–water partition coefficient (Wildman–Crippen LogP) is 5.02. The van der Waals surface area contributed by atoms with Gasteiger partial charge in [0, 0.05) is 28.1 Å². The summed E-state index contributed by atoms with van der Waals surface area (Å²) in [6, 6.07) is 7.39. The van der Waals surface area contributed by atoms with Gasteiger partial charge in [0.15, 0.2) is 0 Å². The Morgan fingerprint density at radius 3 is 2.67 bits per heavy atom. The number of hydrogen-bond donors (Lipinski definition) is 1. The van der Waals surface area contributed by atoms with Crippen LogP contribution < -0.4 is 5.32 Å². The van der Waals surface area contributed by atoms with Crippen LogP contribution in [0.5, 0.6) is 0 Å². The van der Waals surface area contributed by atoms with E-state index < -0.39 is 0 Å². The van der Waals surface area contributed by atoms with Gasteiger partial charge in [-0.3, -0.25) is 0 Å². The van der Waals surface area contributed by atoms with Gasteiger partial charge < -0.3 is 10.2 Å². The van der Waals surface area contributed by atoms with Gasteiger partial charge in [-0.25, -0.2) is 0 Å². The minimum Gasteiger partial charge on any atom is -0.310 e. The molecule has 0 amide bonds. The molecule has 0 radical (unpaired) electrons. The Kier molecular flexibility index (Phi) is 7.00. The maximum Gasteiger partial charge on any atom is 0.0465 e. The summed E-state index contributed by atoms with van der Waals surface area (Å²) < 4.78 is 1.04. The standard InChI is InChI=1S/C17H26BrClN2/c1-3-10-21(14-6-7-14)11-9-17(20-4-2)15-8-5-13(18)12-16(15)19/h5,8,12,14,17,20H,3-4,6-7,9-11H2,1-2H3. The highest BCUT2D eigenvalue weighted by Crippen LogP contribution is 2.31. The molecule has 2 rings (SSSR count). The Bertz CT molecular complexity index is 448. The lowest BCUT2D eigenvalue weighted by molar-refractivity contribution is 0.248. The first-order chi connectivity index (χ1) is 10.2. The lowest BCUT2D eigenvalue weighted by Crippen LogP contribution is -2.32. The van der Waals surface area contributed by atoms with Gasteiger partial charge in [0.25, 0.3) is 0 Å². The summed E-state index contributed by atoms with van der Waals surface area (Å²) in [4.78, 5) is 2.65. The summed E-state index contributed by atoms with van der Waals surface area (Å²) in [5.41, 5.74) is 1.22. The molecule has 0 saturated heterocycles. The molecule has 0 aliphatic heterocycles. The van der Waals surface area contributed by atoms with Gasteiger partial charge in [-0.05, 0) is 56.5 Å².